The van der Waals surface area contributed by atoms with E-state index in [1.165, 1.54) is 17.8 Å². The van der Waals surface area contributed by atoms with Gasteiger partial charge in [0.1, 0.15) is 11.4 Å². The number of ether oxygens (including phenoxy) is 1. The summed E-state index contributed by atoms with van der Waals surface area (Å²) in [5, 5.41) is 0.231. The molecule has 0 aliphatic carbocycles. The number of benzene rings is 2. The Bertz CT molecular complexity index is 869. The maximum atomic E-state index is 13.1. The molecule has 0 N–H and O–H groups in total. The second-order valence-electron chi connectivity index (χ2n) is 6.70. The number of nitrogens with zero attached hydrogens (tertiary/aromatic N) is 1. The molecule has 1 amide bonds. The Kier molecular flexibility index (Phi) is 6.81. The molecule has 3 rings (SSSR count). The van der Waals surface area contributed by atoms with Crippen LogP contribution in [-0.4, -0.2) is 34.7 Å². The second kappa shape index (κ2) is 9.30. The molecule has 0 unspecified atom stereocenters. The van der Waals surface area contributed by atoms with Gasteiger partial charge in [-0.1, -0.05) is 60.1 Å². The average Bonchev–Trinajstić information content (AvgIpc) is 3.12. The number of halogens is 1. The Hall–Kier alpha value is -2.24. The lowest BCUT2D eigenvalue weighted by atomic mass is 10.1. The molecule has 1 saturated heterocycles. The first-order chi connectivity index (χ1) is 13.5. The predicted molar refractivity (Wildman–Crippen MR) is 114 cm³/mol. The zero-order chi connectivity index (χ0) is 20.1. The monoisotopic (exact) mass is 415 g/mol. The highest BCUT2D eigenvalue weighted by Crippen LogP contribution is 2.44. The first-order valence-corrected chi connectivity index (χ1v) is 10.5. The predicted octanol–water partition coefficient (Wildman–Crippen LogP) is 4.95. The van der Waals surface area contributed by atoms with Crippen LogP contribution in [0.1, 0.15) is 30.3 Å². The van der Waals surface area contributed by atoms with Crippen molar-refractivity contribution in [2.75, 3.05) is 5.75 Å². The topological polar surface area (TPSA) is 46.6 Å². The third-order valence-corrected chi connectivity index (χ3v) is 5.92. The highest BCUT2D eigenvalue weighted by Gasteiger charge is 2.43. The van der Waals surface area contributed by atoms with Crippen molar-refractivity contribution in [3.63, 3.8) is 0 Å². The Balaban J connectivity index is 1.90. The van der Waals surface area contributed by atoms with Crippen molar-refractivity contribution >= 4 is 41.3 Å². The van der Waals surface area contributed by atoms with E-state index in [2.05, 4.69) is 0 Å². The summed E-state index contributed by atoms with van der Waals surface area (Å²) in [6.45, 7) is 3.60. The van der Waals surface area contributed by atoms with E-state index in [0.29, 0.717) is 10.8 Å². The van der Waals surface area contributed by atoms with Crippen molar-refractivity contribution in [1.29, 1.82) is 0 Å². The van der Waals surface area contributed by atoms with Gasteiger partial charge in [-0.05, 0) is 31.6 Å². The SMILES string of the molecule is CC(C)OC(=O)[C@H]1CS[C@H](c2ccccc2Cl)N1C(=O)/C=C/c1ccccc1. The van der Waals surface area contributed by atoms with Gasteiger partial charge in [0.25, 0.3) is 0 Å². The van der Waals surface area contributed by atoms with E-state index < -0.39 is 12.0 Å². The van der Waals surface area contributed by atoms with E-state index in [4.69, 9.17) is 16.3 Å². The summed E-state index contributed by atoms with van der Waals surface area (Å²) in [5.41, 5.74) is 1.73. The number of esters is 1. The third-order valence-electron chi connectivity index (χ3n) is 4.27. The van der Waals surface area contributed by atoms with Gasteiger partial charge in [0.15, 0.2) is 0 Å². The number of carbonyl (C=O) groups excluding carboxylic acids is 2. The van der Waals surface area contributed by atoms with Crippen molar-refractivity contribution in [2.24, 2.45) is 0 Å². The molecule has 28 heavy (non-hydrogen) atoms. The molecule has 1 aliphatic heterocycles. The molecule has 0 spiro atoms. The Morgan fingerprint density at radius 3 is 2.50 bits per heavy atom. The minimum atomic E-state index is -0.651. The fourth-order valence-corrected chi connectivity index (χ4v) is 4.76. The quantitative estimate of drug-likeness (QED) is 0.512. The molecular formula is C22H22ClNO3S. The van der Waals surface area contributed by atoms with Crippen LogP contribution in [0.4, 0.5) is 0 Å². The van der Waals surface area contributed by atoms with E-state index in [1.807, 2.05) is 48.5 Å². The number of amides is 1. The Labute approximate surface area is 174 Å². The second-order valence-corrected chi connectivity index (χ2v) is 8.22. The molecule has 1 aliphatic rings. The van der Waals surface area contributed by atoms with Crippen LogP contribution in [0.15, 0.2) is 60.7 Å². The molecule has 146 valence electrons. The van der Waals surface area contributed by atoms with Crippen LogP contribution in [0.25, 0.3) is 6.08 Å². The number of carbonyl (C=O) groups is 2. The zero-order valence-electron chi connectivity index (χ0n) is 15.7. The van der Waals surface area contributed by atoms with E-state index in [0.717, 1.165) is 11.1 Å². The van der Waals surface area contributed by atoms with Gasteiger partial charge >= 0.3 is 5.97 Å². The van der Waals surface area contributed by atoms with Crippen LogP contribution in [0.2, 0.25) is 5.02 Å². The van der Waals surface area contributed by atoms with Gasteiger partial charge in [-0.2, -0.15) is 0 Å². The normalized spacial score (nSPS) is 19.4. The van der Waals surface area contributed by atoms with Gasteiger partial charge in [0, 0.05) is 22.4 Å². The maximum Gasteiger partial charge on any atom is 0.330 e. The largest absolute Gasteiger partial charge is 0.461 e. The first-order valence-electron chi connectivity index (χ1n) is 9.09. The molecule has 0 radical (unpaired) electrons. The van der Waals surface area contributed by atoms with Crippen molar-refractivity contribution in [3.05, 3.63) is 76.8 Å². The fraction of sp³-hybridized carbons (Fsp3) is 0.273. The summed E-state index contributed by atoms with van der Waals surface area (Å²) in [6.07, 6.45) is 3.01. The minimum absolute atomic E-state index is 0.242. The molecule has 0 aromatic heterocycles. The van der Waals surface area contributed by atoms with Crippen molar-refractivity contribution < 1.29 is 14.3 Å². The van der Waals surface area contributed by atoms with Gasteiger partial charge in [-0.3, -0.25) is 4.79 Å². The molecule has 0 bridgehead atoms. The summed E-state index contributed by atoms with van der Waals surface area (Å²) >= 11 is 7.89. The first kappa shape index (κ1) is 20.5. The molecule has 0 saturated carbocycles. The highest BCUT2D eigenvalue weighted by atomic mass is 35.5. The van der Waals surface area contributed by atoms with Crippen molar-refractivity contribution in [3.8, 4) is 0 Å². The fourth-order valence-electron chi connectivity index (χ4n) is 3.00. The molecule has 2 aromatic rings. The average molecular weight is 416 g/mol. The number of hydrogen-bond donors (Lipinski definition) is 0. The van der Waals surface area contributed by atoms with Crippen LogP contribution >= 0.6 is 23.4 Å². The van der Waals surface area contributed by atoms with E-state index in [1.54, 1.807) is 30.9 Å². The summed E-state index contributed by atoms with van der Waals surface area (Å²) in [6, 6.07) is 16.3. The smallest absolute Gasteiger partial charge is 0.330 e. The number of rotatable bonds is 5. The standard InChI is InChI=1S/C22H22ClNO3S/c1-15(2)27-22(26)19-14-28-21(17-10-6-7-11-18(17)23)24(19)20(25)13-12-16-8-4-3-5-9-16/h3-13,15,19,21H,14H2,1-2H3/b13-12+/t19-,21-/m1/s1. The summed E-state index contributed by atoms with van der Waals surface area (Å²) < 4.78 is 5.39. The van der Waals surface area contributed by atoms with Gasteiger partial charge in [0.2, 0.25) is 5.91 Å². The molecule has 2 aromatic carbocycles. The molecular weight excluding hydrogens is 394 g/mol. The summed E-state index contributed by atoms with van der Waals surface area (Å²) in [7, 11) is 0. The molecule has 2 atom stereocenters. The number of thioether (sulfide) groups is 1. The third kappa shape index (κ3) is 4.78. The highest BCUT2D eigenvalue weighted by molar-refractivity contribution is 7.99. The number of hydrogen-bond acceptors (Lipinski definition) is 4. The lowest BCUT2D eigenvalue weighted by molar-refractivity contribution is -0.156. The van der Waals surface area contributed by atoms with Gasteiger partial charge in [-0.15, -0.1) is 11.8 Å². The Morgan fingerprint density at radius 2 is 1.82 bits per heavy atom. The Morgan fingerprint density at radius 1 is 1.14 bits per heavy atom. The lowest BCUT2D eigenvalue weighted by Gasteiger charge is -2.28. The summed E-state index contributed by atoms with van der Waals surface area (Å²) in [4.78, 5) is 27.3. The van der Waals surface area contributed by atoms with Crippen LogP contribution in [-0.2, 0) is 14.3 Å². The van der Waals surface area contributed by atoms with Gasteiger partial charge < -0.3 is 9.64 Å². The van der Waals surface area contributed by atoms with E-state index in [9.17, 15) is 9.59 Å². The molecule has 4 nitrogen and oxygen atoms in total. The maximum absolute atomic E-state index is 13.1. The van der Waals surface area contributed by atoms with Gasteiger partial charge in [-0.25, -0.2) is 4.79 Å². The van der Waals surface area contributed by atoms with Crippen molar-refractivity contribution in [2.45, 2.75) is 31.4 Å². The van der Waals surface area contributed by atoms with Gasteiger partial charge in [0.05, 0.1) is 6.10 Å². The molecule has 1 fully saturated rings. The zero-order valence-corrected chi connectivity index (χ0v) is 17.3. The molecule has 6 heteroatoms. The van der Waals surface area contributed by atoms with Crippen LogP contribution in [0, 0.1) is 0 Å². The van der Waals surface area contributed by atoms with Crippen molar-refractivity contribution in [1.82, 2.24) is 4.90 Å². The van der Waals surface area contributed by atoms with Crippen LogP contribution < -0.4 is 0 Å². The van der Waals surface area contributed by atoms with E-state index >= 15 is 0 Å². The lowest BCUT2D eigenvalue weighted by Crippen LogP contribution is -2.43. The summed E-state index contributed by atoms with van der Waals surface area (Å²) in [5.74, 6) is -0.171. The van der Waals surface area contributed by atoms with Crippen LogP contribution in [0.5, 0.6) is 0 Å². The minimum Gasteiger partial charge on any atom is -0.461 e. The molecule has 1 heterocycles. The van der Waals surface area contributed by atoms with E-state index in [-0.39, 0.29) is 17.4 Å². The van der Waals surface area contributed by atoms with Crippen LogP contribution in [0.3, 0.4) is 0 Å².